The summed E-state index contributed by atoms with van der Waals surface area (Å²) in [7, 11) is 4.18. The molecule has 0 N–H and O–H groups in total. The first-order valence-corrected chi connectivity index (χ1v) is 14.9. The van der Waals surface area contributed by atoms with Gasteiger partial charge in [-0.3, -0.25) is 9.69 Å². The number of hydrogen-bond acceptors (Lipinski definition) is 10. The number of alkyl halides is 3. The first kappa shape index (κ1) is 33.6. The average Bonchev–Trinajstić information content (AvgIpc) is 3.07. The lowest BCUT2D eigenvalue weighted by atomic mass is 10.1. The summed E-state index contributed by atoms with van der Waals surface area (Å²) in [6, 6.07) is 11.8. The predicted octanol–water partition coefficient (Wildman–Crippen LogP) is 6.63. The molecule has 0 spiro atoms. The van der Waals surface area contributed by atoms with E-state index in [0.717, 1.165) is 18.4 Å². The lowest BCUT2D eigenvalue weighted by Crippen LogP contribution is -2.36. The smallest absolute Gasteiger partial charge is 0.453 e. The number of fused-ring (bicyclic) bond motifs is 1. The molecule has 1 aromatic heterocycles. The molecule has 47 heavy (non-hydrogen) atoms. The van der Waals surface area contributed by atoms with Gasteiger partial charge in [0.2, 0.25) is 16.9 Å². The third-order valence-electron chi connectivity index (χ3n) is 7.61. The Morgan fingerprint density at radius 2 is 1.55 bits per heavy atom. The summed E-state index contributed by atoms with van der Waals surface area (Å²) in [5.74, 6) is -2.88. The first-order valence-electron chi connectivity index (χ1n) is 14.9. The molecule has 0 radical (unpaired) electrons. The Labute approximate surface area is 268 Å². The molecule has 250 valence electrons. The molecule has 10 nitrogen and oxygen atoms in total. The Morgan fingerprint density at radius 1 is 0.894 bits per heavy atom. The number of carbonyl (C=O) groups excluding carboxylic acids is 1. The number of morpholine rings is 1. The van der Waals surface area contributed by atoms with Crippen molar-refractivity contribution < 1.29 is 50.8 Å². The zero-order valence-electron chi connectivity index (χ0n) is 26.3. The van der Waals surface area contributed by atoms with Gasteiger partial charge in [0, 0.05) is 19.6 Å². The van der Waals surface area contributed by atoms with Crippen molar-refractivity contribution in [2.75, 3.05) is 47.6 Å². The maximum atomic E-state index is 14.5. The number of benzene rings is 3. The minimum Gasteiger partial charge on any atom is -0.493 e. The van der Waals surface area contributed by atoms with E-state index in [1.54, 1.807) is 12.1 Å². The third kappa shape index (κ3) is 7.31. The van der Waals surface area contributed by atoms with Gasteiger partial charge >= 0.3 is 12.1 Å². The molecule has 0 aliphatic carbocycles. The van der Waals surface area contributed by atoms with Gasteiger partial charge in [-0.15, -0.1) is 0 Å². The van der Waals surface area contributed by atoms with Crippen LogP contribution >= 0.6 is 0 Å². The van der Waals surface area contributed by atoms with Gasteiger partial charge in [-0.25, -0.2) is 4.79 Å². The number of nitrogens with zero attached hydrogens (tertiary/aromatic N) is 1. The van der Waals surface area contributed by atoms with Gasteiger partial charge in [0.15, 0.2) is 11.5 Å². The summed E-state index contributed by atoms with van der Waals surface area (Å²) in [6.45, 7) is 3.67. The quantitative estimate of drug-likeness (QED) is 0.129. The van der Waals surface area contributed by atoms with Crippen LogP contribution in [0.5, 0.6) is 34.5 Å². The van der Waals surface area contributed by atoms with E-state index < -0.39 is 29.1 Å². The molecule has 1 aliphatic heterocycles. The number of hydrogen-bond donors (Lipinski definition) is 0. The van der Waals surface area contributed by atoms with Gasteiger partial charge in [-0.05, 0) is 48.4 Å². The molecule has 1 fully saturated rings. The standard InChI is InChI=1S/C34H34F3NO9/c1-5-6-20-7-9-22(10-8-20)45-31-28(39)23-11-12-25(46-33(40)21-17-26(41-2)30(43-4)27(18-21)42-3)24(19-38-13-15-44-16-14-38)29(23)47-32(31)34(35,36)37/h7-12,17-18H,5-6,13-16,19H2,1-4H3. The summed E-state index contributed by atoms with van der Waals surface area (Å²) >= 11 is 0. The van der Waals surface area contributed by atoms with Gasteiger partial charge in [0.1, 0.15) is 17.1 Å². The molecule has 0 amide bonds. The number of esters is 1. The van der Waals surface area contributed by atoms with Crippen LogP contribution in [0.4, 0.5) is 13.2 Å². The van der Waals surface area contributed by atoms with E-state index in [9.17, 15) is 22.8 Å². The van der Waals surface area contributed by atoms with E-state index in [1.807, 2.05) is 11.8 Å². The summed E-state index contributed by atoms with van der Waals surface area (Å²) < 4.78 is 81.7. The fraction of sp³-hybridized carbons (Fsp3) is 0.353. The molecule has 2 heterocycles. The molecule has 3 aromatic carbocycles. The molecule has 1 aliphatic rings. The number of ether oxygens (including phenoxy) is 6. The molecule has 4 aromatic rings. The molecular formula is C34H34F3NO9. The number of methoxy groups -OCH3 is 3. The third-order valence-corrected chi connectivity index (χ3v) is 7.61. The van der Waals surface area contributed by atoms with Crippen LogP contribution in [0.2, 0.25) is 0 Å². The second-order valence-electron chi connectivity index (χ2n) is 10.7. The fourth-order valence-electron chi connectivity index (χ4n) is 5.27. The monoisotopic (exact) mass is 657 g/mol. The van der Waals surface area contributed by atoms with Crippen LogP contribution in [0, 0.1) is 0 Å². The zero-order valence-corrected chi connectivity index (χ0v) is 26.3. The van der Waals surface area contributed by atoms with Crippen LogP contribution in [-0.2, 0) is 23.9 Å². The van der Waals surface area contributed by atoms with E-state index in [1.165, 1.54) is 57.7 Å². The maximum absolute atomic E-state index is 14.5. The highest BCUT2D eigenvalue weighted by atomic mass is 19.4. The Balaban J connectivity index is 1.62. The van der Waals surface area contributed by atoms with Gasteiger partial charge < -0.3 is 32.8 Å². The topological polar surface area (TPSA) is 106 Å². The highest BCUT2D eigenvalue weighted by Gasteiger charge is 2.41. The largest absolute Gasteiger partial charge is 0.493 e. The molecular weight excluding hydrogens is 623 g/mol. The van der Waals surface area contributed by atoms with Gasteiger partial charge in [0.05, 0.1) is 51.1 Å². The van der Waals surface area contributed by atoms with Crippen molar-refractivity contribution in [1.29, 1.82) is 0 Å². The molecule has 0 bridgehead atoms. The van der Waals surface area contributed by atoms with E-state index in [-0.39, 0.29) is 57.4 Å². The van der Waals surface area contributed by atoms with Gasteiger partial charge in [0.25, 0.3) is 5.76 Å². The summed E-state index contributed by atoms with van der Waals surface area (Å²) in [5.41, 5.74) is -0.342. The van der Waals surface area contributed by atoms with Crippen molar-refractivity contribution in [3.05, 3.63) is 81.2 Å². The van der Waals surface area contributed by atoms with E-state index in [0.29, 0.717) is 26.3 Å². The average molecular weight is 658 g/mol. The van der Waals surface area contributed by atoms with Crippen LogP contribution in [0.15, 0.2) is 57.7 Å². The Hall–Kier alpha value is -4.75. The Morgan fingerprint density at radius 3 is 2.13 bits per heavy atom. The van der Waals surface area contributed by atoms with E-state index in [4.69, 9.17) is 32.8 Å². The minimum absolute atomic E-state index is 0.00208. The van der Waals surface area contributed by atoms with E-state index >= 15 is 0 Å². The second-order valence-corrected chi connectivity index (χ2v) is 10.7. The lowest BCUT2D eigenvalue weighted by molar-refractivity contribution is -0.154. The van der Waals surface area contributed by atoms with Crippen molar-refractivity contribution in [1.82, 2.24) is 4.90 Å². The molecule has 0 saturated carbocycles. The second kappa shape index (κ2) is 14.3. The predicted molar refractivity (Wildman–Crippen MR) is 165 cm³/mol. The normalized spacial score (nSPS) is 13.8. The van der Waals surface area contributed by atoms with Crippen LogP contribution in [0.3, 0.4) is 0 Å². The van der Waals surface area contributed by atoms with Crippen molar-refractivity contribution >= 4 is 16.9 Å². The highest BCUT2D eigenvalue weighted by molar-refractivity contribution is 5.94. The van der Waals surface area contributed by atoms with Crippen LogP contribution in [0.25, 0.3) is 11.0 Å². The van der Waals surface area contributed by atoms with Crippen LogP contribution in [0.1, 0.15) is 40.6 Å². The summed E-state index contributed by atoms with van der Waals surface area (Å²) in [5, 5.41) is -0.175. The Bertz CT molecular complexity index is 1770. The minimum atomic E-state index is -5.09. The van der Waals surface area contributed by atoms with Gasteiger partial charge in [-0.2, -0.15) is 13.2 Å². The van der Waals surface area contributed by atoms with Gasteiger partial charge in [-0.1, -0.05) is 25.5 Å². The molecule has 0 atom stereocenters. The van der Waals surface area contributed by atoms with Crippen molar-refractivity contribution in [3.8, 4) is 34.5 Å². The number of carbonyl (C=O) groups is 1. The molecule has 0 unspecified atom stereocenters. The molecule has 1 saturated heterocycles. The number of rotatable bonds is 11. The SMILES string of the molecule is CCCc1ccc(Oc2c(C(F)(F)F)oc3c(CN4CCOCC4)c(OC(=O)c4cc(OC)c(OC)c(OC)c4)ccc3c2=O)cc1. The van der Waals surface area contributed by atoms with Crippen LogP contribution in [-0.4, -0.2) is 58.5 Å². The summed E-state index contributed by atoms with van der Waals surface area (Å²) in [6.07, 6.45) is -3.42. The maximum Gasteiger partial charge on any atom is 0.453 e. The molecule has 5 rings (SSSR count). The zero-order chi connectivity index (χ0) is 33.7. The van der Waals surface area contributed by atoms with Crippen molar-refractivity contribution in [2.24, 2.45) is 0 Å². The van der Waals surface area contributed by atoms with Crippen molar-refractivity contribution in [2.45, 2.75) is 32.5 Å². The van der Waals surface area contributed by atoms with Crippen molar-refractivity contribution in [3.63, 3.8) is 0 Å². The first-order chi connectivity index (χ1) is 22.6. The lowest BCUT2D eigenvalue weighted by Gasteiger charge is -2.27. The molecule has 13 heteroatoms. The highest BCUT2D eigenvalue weighted by Crippen LogP contribution is 2.41. The number of halogens is 3. The summed E-state index contributed by atoms with van der Waals surface area (Å²) in [4.78, 5) is 29.0. The van der Waals surface area contributed by atoms with E-state index in [2.05, 4.69) is 0 Å². The fourth-order valence-corrected chi connectivity index (χ4v) is 5.27. The van der Waals surface area contributed by atoms with Crippen LogP contribution < -0.4 is 29.1 Å². The number of aryl methyl sites for hydroxylation is 1. The Kier molecular flexibility index (Phi) is 10.3.